The number of carbonyl (C=O) groups excluding carboxylic acids is 3. The molecule has 3 aromatic rings. The van der Waals surface area contributed by atoms with Gasteiger partial charge < -0.3 is 49.7 Å². The molecule has 2 aromatic heterocycles. The van der Waals surface area contributed by atoms with Gasteiger partial charge in [-0.1, -0.05) is 36.4 Å². The Hall–Kier alpha value is -5.48. The van der Waals surface area contributed by atoms with Crippen molar-refractivity contribution < 1.29 is 38.5 Å². The molecule has 5 N–H and O–H groups in total. The molecule has 0 saturated carbocycles. The molecule has 2 saturated heterocycles. The highest BCUT2D eigenvalue weighted by atomic mass is 16.5. The van der Waals surface area contributed by atoms with Crippen LogP contribution < -0.4 is 10.6 Å². The summed E-state index contributed by atoms with van der Waals surface area (Å²) in [5.74, 6) is 0.718. The van der Waals surface area contributed by atoms with E-state index < -0.39 is 36.5 Å². The fraction of sp³-hybridized carbons (Fsp3) is 0.459. The van der Waals surface area contributed by atoms with Crippen LogP contribution in [0.2, 0.25) is 0 Å². The number of rotatable bonds is 14. The number of nitrogens with one attached hydrogen (secondary N) is 4. The molecule has 53 heavy (non-hydrogen) atoms. The Kier molecular flexibility index (Phi) is 13.0. The molecule has 284 valence electrons. The number of methoxy groups -OCH3 is 3. The summed E-state index contributed by atoms with van der Waals surface area (Å²) in [4.78, 5) is 69.2. The number of carbonyl (C=O) groups is 4. The molecule has 0 radical (unpaired) electrons. The van der Waals surface area contributed by atoms with E-state index in [1.54, 1.807) is 36.0 Å². The summed E-state index contributed by atoms with van der Waals surface area (Å²) < 4.78 is 15.3. The van der Waals surface area contributed by atoms with Gasteiger partial charge in [0.25, 0.3) is 0 Å². The van der Waals surface area contributed by atoms with Gasteiger partial charge in [0.1, 0.15) is 23.7 Å². The zero-order valence-corrected chi connectivity index (χ0v) is 30.6. The van der Waals surface area contributed by atoms with Gasteiger partial charge in [-0.15, -0.1) is 0 Å². The maximum atomic E-state index is 13.5. The van der Waals surface area contributed by atoms with Gasteiger partial charge in [-0.25, -0.2) is 19.6 Å². The molecule has 4 heterocycles. The summed E-state index contributed by atoms with van der Waals surface area (Å²) in [7, 11) is 4.18. The van der Waals surface area contributed by atoms with Crippen molar-refractivity contribution in [1.82, 2.24) is 40.4 Å². The number of H-pyrrole nitrogens is 2. The highest BCUT2D eigenvalue weighted by Crippen LogP contribution is 2.32. The van der Waals surface area contributed by atoms with Crippen LogP contribution in [0.3, 0.4) is 0 Å². The SMILES string of the molecule is COC(=O)N[C@H](C(=O)N1CCC[C@H]1c1ncc(/C=C/c2ccc(/C=C/c3cnc([C@@H]4CCCN4C(=O)[C@@H](NC(=O)O)[C@@H](C)OC)[nH]3)cc2)[nH]1)C(C)OC. The van der Waals surface area contributed by atoms with E-state index in [2.05, 4.69) is 30.6 Å². The van der Waals surface area contributed by atoms with Crippen molar-refractivity contribution in [2.45, 2.75) is 75.9 Å². The summed E-state index contributed by atoms with van der Waals surface area (Å²) >= 11 is 0. The first-order chi connectivity index (χ1) is 25.5. The molecule has 2 aliphatic rings. The molecule has 2 aliphatic heterocycles. The van der Waals surface area contributed by atoms with Crippen LogP contribution in [0.1, 0.15) is 85.8 Å². The maximum absolute atomic E-state index is 13.5. The molecule has 4 amide bonds. The predicted octanol–water partition coefficient (Wildman–Crippen LogP) is 4.23. The standard InChI is InChI=1S/C37H48N8O8/c1-22(51-3)30(42-36(48)49)34(46)44-18-6-8-28(44)32-38-20-26(40-32)16-14-24-10-12-25(13-11-24)15-17-27-21-39-33(41-27)29-9-7-19-45(29)35(47)31(23(2)52-4)43-37(50)53-5/h10-17,20-23,28-31,42H,6-9,18-19H2,1-5H3,(H,38,40)(H,39,41)(H,43,50)(H,48,49)/b16-14+,17-15+/t22-,23?,28+,29+,30+,31+/m1/s1. The fourth-order valence-corrected chi connectivity index (χ4v) is 6.64. The first-order valence-electron chi connectivity index (χ1n) is 17.6. The van der Waals surface area contributed by atoms with E-state index in [9.17, 15) is 24.3 Å². The first kappa shape index (κ1) is 38.7. The zero-order chi connectivity index (χ0) is 38.1. The molecule has 0 spiro atoms. The van der Waals surface area contributed by atoms with Crippen LogP contribution in [-0.2, 0) is 23.8 Å². The maximum Gasteiger partial charge on any atom is 0.407 e. The van der Waals surface area contributed by atoms with Crippen LogP contribution in [0.15, 0.2) is 36.7 Å². The van der Waals surface area contributed by atoms with Crippen molar-refractivity contribution in [2.24, 2.45) is 0 Å². The van der Waals surface area contributed by atoms with Crippen LogP contribution in [0.5, 0.6) is 0 Å². The average Bonchev–Trinajstić information content (AvgIpc) is 4.00. The summed E-state index contributed by atoms with van der Waals surface area (Å²) in [5.41, 5.74) is 3.52. The smallest absolute Gasteiger partial charge is 0.407 e. The van der Waals surface area contributed by atoms with E-state index in [1.165, 1.54) is 21.3 Å². The van der Waals surface area contributed by atoms with Crippen molar-refractivity contribution >= 4 is 48.3 Å². The third-order valence-electron chi connectivity index (χ3n) is 9.73. The number of carboxylic acid groups (broad SMARTS) is 1. The molecule has 1 aromatic carbocycles. The number of nitrogens with zero attached hydrogens (tertiary/aromatic N) is 4. The molecule has 2 fully saturated rings. The Morgan fingerprint density at radius 1 is 0.755 bits per heavy atom. The largest absolute Gasteiger partial charge is 0.465 e. The molecule has 16 heteroatoms. The van der Waals surface area contributed by atoms with Gasteiger partial charge in [0.05, 0.1) is 55.2 Å². The molecule has 16 nitrogen and oxygen atoms in total. The minimum absolute atomic E-state index is 0.256. The Labute approximate surface area is 308 Å². The van der Waals surface area contributed by atoms with E-state index in [1.807, 2.05) is 48.6 Å². The van der Waals surface area contributed by atoms with Crippen LogP contribution in [0.25, 0.3) is 24.3 Å². The minimum atomic E-state index is -1.29. The molecule has 0 aliphatic carbocycles. The summed E-state index contributed by atoms with van der Waals surface area (Å²) in [6.45, 7) is 4.42. The quantitative estimate of drug-likeness (QED) is 0.160. The van der Waals surface area contributed by atoms with Crippen molar-refractivity contribution in [2.75, 3.05) is 34.4 Å². The lowest BCUT2D eigenvalue weighted by Gasteiger charge is -2.30. The highest BCUT2D eigenvalue weighted by molar-refractivity contribution is 5.87. The van der Waals surface area contributed by atoms with Crippen LogP contribution >= 0.6 is 0 Å². The number of likely N-dealkylation sites (tertiary alicyclic amines) is 2. The number of imidazole rings is 2. The second-order valence-corrected chi connectivity index (χ2v) is 13.1. The topological polar surface area (TPSA) is 204 Å². The Balaban J connectivity index is 1.18. The Bertz CT molecular complexity index is 1790. The van der Waals surface area contributed by atoms with E-state index in [-0.39, 0.29) is 23.9 Å². The van der Waals surface area contributed by atoms with E-state index >= 15 is 0 Å². The number of aromatic amines is 2. The average molecular weight is 733 g/mol. The van der Waals surface area contributed by atoms with Crippen LogP contribution in [-0.4, -0.2) is 118 Å². The lowest BCUT2D eigenvalue weighted by molar-refractivity contribution is -0.138. The van der Waals surface area contributed by atoms with Crippen molar-refractivity contribution in [3.05, 3.63) is 70.8 Å². The van der Waals surface area contributed by atoms with Crippen molar-refractivity contribution in [3.8, 4) is 0 Å². The van der Waals surface area contributed by atoms with Gasteiger partial charge in [0.15, 0.2) is 0 Å². The van der Waals surface area contributed by atoms with E-state index in [4.69, 9.17) is 14.2 Å². The van der Waals surface area contributed by atoms with Gasteiger partial charge in [0, 0.05) is 27.3 Å². The predicted molar refractivity (Wildman–Crippen MR) is 196 cm³/mol. The second-order valence-electron chi connectivity index (χ2n) is 13.1. The number of amides is 4. The molecule has 6 atom stereocenters. The fourth-order valence-electron chi connectivity index (χ4n) is 6.64. The number of hydrogen-bond donors (Lipinski definition) is 5. The number of ether oxygens (including phenoxy) is 3. The monoisotopic (exact) mass is 732 g/mol. The summed E-state index contributed by atoms with van der Waals surface area (Å²) in [6, 6.07) is 5.52. The Morgan fingerprint density at radius 2 is 1.19 bits per heavy atom. The molecule has 5 rings (SSSR count). The van der Waals surface area contributed by atoms with Gasteiger partial charge in [-0.2, -0.15) is 0 Å². The molecular weight excluding hydrogens is 684 g/mol. The first-order valence-corrected chi connectivity index (χ1v) is 17.6. The highest BCUT2D eigenvalue weighted by Gasteiger charge is 2.40. The summed E-state index contributed by atoms with van der Waals surface area (Å²) in [5, 5.41) is 14.2. The molecular formula is C37H48N8O8. The van der Waals surface area contributed by atoms with Gasteiger partial charge in [-0.05, 0) is 62.8 Å². The number of benzene rings is 1. The Morgan fingerprint density at radius 3 is 1.58 bits per heavy atom. The van der Waals surface area contributed by atoms with Gasteiger partial charge in [-0.3, -0.25) is 9.59 Å². The van der Waals surface area contributed by atoms with E-state index in [0.717, 1.165) is 41.8 Å². The van der Waals surface area contributed by atoms with Crippen LogP contribution in [0, 0.1) is 0 Å². The van der Waals surface area contributed by atoms with Gasteiger partial charge >= 0.3 is 12.2 Å². The van der Waals surface area contributed by atoms with Gasteiger partial charge in [0.2, 0.25) is 11.8 Å². The third-order valence-corrected chi connectivity index (χ3v) is 9.73. The van der Waals surface area contributed by atoms with Crippen molar-refractivity contribution in [3.63, 3.8) is 0 Å². The lowest BCUT2D eigenvalue weighted by atomic mass is 10.1. The number of hydrogen-bond acceptors (Lipinski definition) is 9. The van der Waals surface area contributed by atoms with Crippen molar-refractivity contribution in [1.29, 1.82) is 0 Å². The number of alkyl carbamates (subject to hydrolysis) is 1. The molecule has 0 bridgehead atoms. The normalized spacial score (nSPS) is 19.7. The molecule has 1 unspecified atom stereocenters. The minimum Gasteiger partial charge on any atom is -0.465 e. The summed E-state index contributed by atoms with van der Waals surface area (Å²) in [6.07, 6.45) is 11.1. The van der Waals surface area contributed by atoms with E-state index in [0.29, 0.717) is 31.2 Å². The third kappa shape index (κ3) is 9.50. The zero-order valence-electron chi connectivity index (χ0n) is 30.6. The number of aromatic nitrogens is 4. The van der Waals surface area contributed by atoms with Crippen LogP contribution in [0.4, 0.5) is 9.59 Å². The second kappa shape index (κ2) is 17.8. The lowest BCUT2D eigenvalue weighted by Crippen LogP contribution is -2.54.